The number of alkyl carbamates (subject to hydrolysis) is 1. The number of amides is 2. The van der Waals surface area contributed by atoms with Gasteiger partial charge in [-0.15, -0.1) is 0 Å². The Morgan fingerprint density at radius 2 is 2.03 bits per heavy atom. The highest BCUT2D eigenvalue weighted by Crippen LogP contribution is 2.30. The number of hydrogen-bond donors (Lipinski definition) is 4. The van der Waals surface area contributed by atoms with E-state index in [9.17, 15) is 14.4 Å². The lowest BCUT2D eigenvalue weighted by atomic mass is 9.97. The zero-order chi connectivity index (χ0) is 24.9. The number of para-hydroxylation sites is 1. The summed E-state index contributed by atoms with van der Waals surface area (Å²) in [6, 6.07) is 6.48. The van der Waals surface area contributed by atoms with E-state index >= 15 is 0 Å². The topological polar surface area (TPSA) is 139 Å². The zero-order valence-electron chi connectivity index (χ0n) is 20.1. The van der Waals surface area contributed by atoms with E-state index in [1.165, 1.54) is 0 Å². The van der Waals surface area contributed by atoms with Crippen LogP contribution in [0.4, 0.5) is 4.79 Å². The first kappa shape index (κ1) is 25.2. The minimum atomic E-state index is -0.777. The van der Waals surface area contributed by atoms with Crippen LogP contribution in [0, 0.1) is 5.92 Å². The van der Waals surface area contributed by atoms with Crippen molar-refractivity contribution < 1.29 is 14.3 Å². The second-order valence-corrected chi connectivity index (χ2v) is 9.61. The molecule has 0 spiro atoms. The summed E-state index contributed by atoms with van der Waals surface area (Å²) in [5.41, 5.74) is 5.47. The molecule has 0 saturated carbocycles. The van der Waals surface area contributed by atoms with E-state index < -0.39 is 23.6 Å². The summed E-state index contributed by atoms with van der Waals surface area (Å²) in [5, 5.41) is 6.06. The Hall–Kier alpha value is -3.46. The monoisotopic (exact) mass is 467 g/mol. The number of benzene rings is 1. The number of nitrogens with zero attached hydrogens (tertiary/aromatic N) is 1. The van der Waals surface area contributed by atoms with E-state index in [1.54, 1.807) is 44.2 Å². The van der Waals surface area contributed by atoms with Crippen molar-refractivity contribution in [2.24, 2.45) is 11.7 Å². The zero-order valence-corrected chi connectivity index (χ0v) is 20.1. The summed E-state index contributed by atoms with van der Waals surface area (Å²) in [6.45, 7) is 7.74. The molecule has 1 aliphatic rings. The number of fused-ring (bicyclic) bond motifs is 1. The van der Waals surface area contributed by atoms with Gasteiger partial charge in [-0.1, -0.05) is 38.1 Å². The van der Waals surface area contributed by atoms with Crippen molar-refractivity contribution in [3.63, 3.8) is 0 Å². The molecule has 3 rings (SSSR count). The number of nitrogens with one attached hydrogen (secondary N) is 3. The molecule has 0 bridgehead atoms. The van der Waals surface area contributed by atoms with E-state index in [1.807, 2.05) is 26.0 Å². The van der Waals surface area contributed by atoms with Crippen LogP contribution >= 0.6 is 0 Å². The van der Waals surface area contributed by atoms with Gasteiger partial charge in [0.15, 0.2) is 0 Å². The third-order valence-corrected chi connectivity index (χ3v) is 5.49. The summed E-state index contributed by atoms with van der Waals surface area (Å²) >= 11 is 0. The van der Waals surface area contributed by atoms with Crippen LogP contribution in [0.25, 0.3) is 10.9 Å². The van der Waals surface area contributed by atoms with E-state index in [2.05, 4.69) is 20.6 Å². The van der Waals surface area contributed by atoms with Crippen LogP contribution in [0.2, 0.25) is 0 Å². The van der Waals surface area contributed by atoms with E-state index in [0.717, 1.165) is 0 Å². The first-order valence-electron chi connectivity index (χ1n) is 11.4. The van der Waals surface area contributed by atoms with Gasteiger partial charge in [0.25, 0.3) is 5.56 Å². The lowest BCUT2D eigenvalue weighted by Crippen LogP contribution is -2.54. The van der Waals surface area contributed by atoms with Gasteiger partial charge in [-0.3, -0.25) is 9.59 Å². The fraction of sp³-hybridized carbons (Fsp3) is 0.440. The van der Waals surface area contributed by atoms with Crippen molar-refractivity contribution in [2.45, 2.75) is 58.0 Å². The van der Waals surface area contributed by atoms with Crippen LogP contribution in [0.15, 0.2) is 53.0 Å². The molecule has 0 fully saturated rings. The maximum atomic E-state index is 12.7. The minimum Gasteiger partial charge on any atom is -0.414 e. The van der Waals surface area contributed by atoms with Crippen LogP contribution in [-0.4, -0.2) is 40.1 Å². The number of carbonyl (C=O) groups excluding carboxylic acids is 2. The summed E-state index contributed by atoms with van der Waals surface area (Å²) in [6.07, 6.45) is 5.83. The maximum Gasteiger partial charge on any atom is 0.412 e. The minimum absolute atomic E-state index is 0.189. The van der Waals surface area contributed by atoms with Crippen LogP contribution in [0.3, 0.4) is 0 Å². The molecule has 9 heteroatoms. The maximum absolute atomic E-state index is 12.7. The molecule has 182 valence electrons. The Kier molecular flexibility index (Phi) is 7.88. The van der Waals surface area contributed by atoms with Crippen molar-refractivity contribution in [1.29, 1.82) is 0 Å². The smallest absolute Gasteiger partial charge is 0.412 e. The van der Waals surface area contributed by atoms with Gasteiger partial charge in [0.05, 0.1) is 28.4 Å². The van der Waals surface area contributed by atoms with Crippen LogP contribution in [-0.2, 0) is 9.53 Å². The van der Waals surface area contributed by atoms with Gasteiger partial charge in [-0.05, 0) is 50.8 Å². The van der Waals surface area contributed by atoms with E-state index in [-0.39, 0.29) is 18.0 Å². The Bertz CT molecular complexity index is 1170. The molecule has 2 amide bonds. The Balaban J connectivity index is 1.65. The van der Waals surface area contributed by atoms with Crippen LogP contribution in [0.5, 0.6) is 0 Å². The molecular weight excluding hydrogens is 434 g/mol. The highest BCUT2D eigenvalue weighted by atomic mass is 16.6. The molecule has 1 aromatic heterocycles. The number of H-pyrrole nitrogens is 1. The second kappa shape index (κ2) is 10.6. The summed E-state index contributed by atoms with van der Waals surface area (Å²) in [5.74, 6) is 0.433. The number of carbonyl (C=O) groups is 2. The number of nitrogens with two attached hydrogens (primary N) is 1. The average molecular weight is 468 g/mol. The highest BCUT2D eigenvalue weighted by molar-refractivity contribution is 5.81. The van der Waals surface area contributed by atoms with Gasteiger partial charge >= 0.3 is 6.09 Å². The molecular formula is C25H33N5O4. The molecule has 1 unspecified atom stereocenters. The van der Waals surface area contributed by atoms with Crippen molar-refractivity contribution in [2.75, 3.05) is 6.54 Å². The molecule has 0 saturated heterocycles. The molecule has 1 aliphatic carbocycles. The average Bonchev–Trinajstić information content (AvgIpc) is 2.77. The van der Waals surface area contributed by atoms with Crippen molar-refractivity contribution >= 4 is 22.9 Å². The third-order valence-electron chi connectivity index (χ3n) is 5.49. The van der Waals surface area contributed by atoms with Gasteiger partial charge < -0.3 is 26.1 Å². The first-order chi connectivity index (χ1) is 16.1. The number of aromatic nitrogens is 2. The van der Waals surface area contributed by atoms with Gasteiger partial charge in [-0.2, -0.15) is 0 Å². The molecule has 5 N–H and O–H groups in total. The number of ether oxygens (including phenoxy) is 1. The number of rotatable bonds is 8. The Morgan fingerprint density at radius 3 is 2.76 bits per heavy atom. The Morgan fingerprint density at radius 1 is 1.29 bits per heavy atom. The first-order valence-corrected chi connectivity index (χ1v) is 11.4. The molecule has 1 heterocycles. The summed E-state index contributed by atoms with van der Waals surface area (Å²) < 4.78 is 5.61. The third kappa shape index (κ3) is 6.54. The molecule has 2 aromatic rings. The number of aromatic amines is 1. The molecule has 1 aromatic carbocycles. The fourth-order valence-electron chi connectivity index (χ4n) is 3.74. The van der Waals surface area contributed by atoms with E-state index in [4.69, 9.17) is 10.5 Å². The standard InChI is InChI=1S/C25H33N5O4/c1-15(2)13-18(26)23(32)27-14-25(3,4)30-24(33)34-20-12-8-6-10-17(20)21-28-19-11-7-5-9-16(19)22(31)29-21/h5-9,11-12,15,17-18H,10,13-14,26H2,1-4H3,(H,27,32)(H,30,33)(H,28,29,31)/t17?,18-/m0/s1. The molecule has 0 radical (unpaired) electrons. The molecule has 2 atom stereocenters. The van der Waals surface area contributed by atoms with Crippen molar-refractivity contribution in [1.82, 2.24) is 20.6 Å². The largest absolute Gasteiger partial charge is 0.414 e. The van der Waals surface area contributed by atoms with Crippen LogP contribution in [0.1, 0.15) is 52.3 Å². The van der Waals surface area contributed by atoms with Gasteiger partial charge in [0.1, 0.15) is 11.6 Å². The predicted molar refractivity (Wildman–Crippen MR) is 131 cm³/mol. The summed E-state index contributed by atoms with van der Waals surface area (Å²) in [4.78, 5) is 44.8. The molecule has 9 nitrogen and oxygen atoms in total. The normalized spacial score (nSPS) is 16.8. The van der Waals surface area contributed by atoms with Crippen molar-refractivity contribution in [3.05, 3.63) is 64.4 Å². The number of allylic oxidation sites excluding steroid dienone is 4. The SMILES string of the molecule is CC(C)C[C@H](N)C(=O)NCC(C)(C)NC(=O)OC1=CC=CCC1c1nc2ccccc2c(=O)[nH]1. The van der Waals surface area contributed by atoms with E-state index in [0.29, 0.717) is 41.2 Å². The van der Waals surface area contributed by atoms with Crippen LogP contribution < -0.4 is 21.9 Å². The quantitative estimate of drug-likeness (QED) is 0.471. The highest BCUT2D eigenvalue weighted by Gasteiger charge is 2.28. The van der Waals surface area contributed by atoms with Gasteiger partial charge in [-0.25, -0.2) is 9.78 Å². The lowest BCUT2D eigenvalue weighted by Gasteiger charge is -2.28. The van der Waals surface area contributed by atoms with Gasteiger partial charge in [0, 0.05) is 6.54 Å². The lowest BCUT2D eigenvalue weighted by molar-refractivity contribution is -0.123. The van der Waals surface area contributed by atoms with Crippen molar-refractivity contribution in [3.8, 4) is 0 Å². The molecule has 34 heavy (non-hydrogen) atoms. The second-order valence-electron chi connectivity index (χ2n) is 9.61. The molecule has 0 aliphatic heterocycles. The number of hydrogen-bond acceptors (Lipinski definition) is 6. The predicted octanol–water partition coefficient (Wildman–Crippen LogP) is 2.84. The summed E-state index contributed by atoms with van der Waals surface area (Å²) in [7, 11) is 0. The van der Waals surface area contributed by atoms with Gasteiger partial charge in [0.2, 0.25) is 5.91 Å². The Labute approximate surface area is 198 Å². The fourth-order valence-corrected chi connectivity index (χ4v) is 3.74.